The average molecular weight is 1010 g/mol. The molecule has 0 saturated heterocycles. The SMILES string of the molecule is COc1cc2c3c(c1)[Si](c1ccccc1)(c1ccccc1)c1ccc(C4CCCCC4)cc1B3c1cc(C3CCCCC3)ccc1N2c1ccc(-n2c3ccccc3c3cc(C45CC6CC(CC(C6)C4)C5)ccc32)cc1. The number of benzene rings is 8. The molecule has 8 aliphatic rings. The maximum atomic E-state index is 6.52. The molecule has 2 aliphatic heterocycles. The van der Waals surface area contributed by atoms with E-state index < -0.39 is 8.07 Å². The number of fused-ring (bicyclic) bond motifs is 7. The van der Waals surface area contributed by atoms with E-state index in [4.69, 9.17) is 4.74 Å². The van der Waals surface area contributed by atoms with Crippen LogP contribution in [0.3, 0.4) is 0 Å². The van der Waals surface area contributed by atoms with Gasteiger partial charge in [0.2, 0.25) is 6.71 Å². The lowest BCUT2D eigenvalue weighted by Gasteiger charge is -2.57. The Kier molecular flexibility index (Phi) is 10.7. The summed E-state index contributed by atoms with van der Waals surface area (Å²) in [6, 6.07) is 70.3. The van der Waals surface area contributed by atoms with Gasteiger partial charge in [0.15, 0.2) is 8.07 Å². The van der Waals surface area contributed by atoms with Crippen molar-refractivity contribution in [2.75, 3.05) is 12.0 Å². The van der Waals surface area contributed by atoms with Crippen molar-refractivity contribution in [3.8, 4) is 11.4 Å². The minimum atomic E-state index is -2.98. The van der Waals surface area contributed by atoms with Crippen molar-refractivity contribution < 1.29 is 4.74 Å². The van der Waals surface area contributed by atoms with Gasteiger partial charge in [-0.15, -0.1) is 0 Å². The van der Waals surface area contributed by atoms with E-state index in [1.807, 2.05) is 7.11 Å². The molecule has 8 aromatic carbocycles. The number of hydrogen-bond donors (Lipinski definition) is 0. The summed E-state index contributed by atoms with van der Waals surface area (Å²) in [7, 11) is -1.11. The van der Waals surface area contributed by atoms with E-state index in [0.29, 0.717) is 17.3 Å². The van der Waals surface area contributed by atoms with Crippen molar-refractivity contribution in [2.45, 2.75) is 120 Å². The Balaban J connectivity index is 0.909. The summed E-state index contributed by atoms with van der Waals surface area (Å²) in [6.07, 6.45) is 21.7. The van der Waals surface area contributed by atoms with Gasteiger partial charge in [0, 0.05) is 39.6 Å². The molecule has 376 valence electrons. The highest BCUT2D eigenvalue weighted by Crippen LogP contribution is 2.61. The van der Waals surface area contributed by atoms with E-state index in [0.717, 1.165) is 23.5 Å². The fourth-order valence-corrected chi connectivity index (χ4v) is 23.3. The molecule has 0 amide bonds. The molecule has 9 aromatic rings. The Bertz CT molecular complexity index is 3640. The van der Waals surface area contributed by atoms with Crippen LogP contribution < -0.4 is 46.8 Å². The number of ether oxygens (including phenoxy) is 1. The maximum Gasteiger partial charge on any atom is 0.246 e. The van der Waals surface area contributed by atoms with Crippen LogP contribution in [0.1, 0.15) is 131 Å². The topological polar surface area (TPSA) is 17.4 Å². The van der Waals surface area contributed by atoms with E-state index in [-0.39, 0.29) is 6.71 Å². The molecular formula is C71H69BN2OSi. The minimum absolute atomic E-state index is 0.0810. The molecule has 0 unspecified atom stereocenters. The summed E-state index contributed by atoms with van der Waals surface area (Å²) in [5.74, 6) is 4.89. The largest absolute Gasteiger partial charge is 0.497 e. The zero-order valence-electron chi connectivity index (χ0n) is 44.3. The molecule has 6 saturated carbocycles. The zero-order valence-corrected chi connectivity index (χ0v) is 45.3. The van der Waals surface area contributed by atoms with Crippen LogP contribution in [0.15, 0.2) is 176 Å². The van der Waals surface area contributed by atoms with Crippen LogP contribution >= 0.6 is 0 Å². The Hall–Kier alpha value is -6.56. The number of rotatable bonds is 8. The number of hydrogen-bond acceptors (Lipinski definition) is 2. The summed E-state index contributed by atoms with van der Waals surface area (Å²) in [5.41, 5.74) is 17.0. The number of aromatic nitrogens is 1. The van der Waals surface area contributed by atoms with Gasteiger partial charge in [-0.25, -0.2) is 0 Å². The molecule has 17 rings (SSSR count). The van der Waals surface area contributed by atoms with Crippen molar-refractivity contribution in [3.05, 3.63) is 193 Å². The van der Waals surface area contributed by atoms with Crippen LogP contribution in [0.2, 0.25) is 0 Å². The highest BCUT2D eigenvalue weighted by Gasteiger charge is 2.54. The van der Waals surface area contributed by atoms with Crippen molar-refractivity contribution in [2.24, 2.45) is 17.8 Å². The number of anilines is 3. The molecule has 0 atom stereocenters. The normalized spacial score (nSPS) is 23.4. The van der Waals surface area contributed by atoms with Gasteiger partial charge in [0.1, 0.15) is 5.75 Å². The third kappa shape index (κ3) is 6.85. The van der Waals surface area contributed by atoms with Gasteiger partial charge in [-0.1, -0.05) is 159 Å². The van der Waals surface area contributed by atoms with Crippen LogP contribution in [0.5, 0.6) is 5.75 Å². The average Bonchev–Trinajstić information content (AvgIpc) is 3.82. The summed E-state index contributed by atoms with van der Waals surface area (Å²) in [4.78, 5) is 2.64. The van der Waals surface area contributed by atoms with Crippen molar-refractivity contribution in [1.29, 1.82) is 0 Å². The quantitative estimate of drug-likeness (QED) is 0.141. The molecule has 76 heavy (non-hydrogen) atoms. The first kappa shape index (κ1) is 45.6. The first-order valence-electron chi connectivity index (χ1n) is 29.6. The lowest BCUT2D eigenvalue weighted by molar-refractivity contribution is -0.00512. The van der Waals surface area contributed by atoms with E-state index in [1.165, 1.54) is 196 Å². The predicted octanol–water partition coefficient (Wildman–Crippen LogP) is 13.3. The maximum absolute atomic E-state index is 6.52. The van der Waals surface area contributed by atoms with Gasteiger partial charge in [0.25, 0.3) is 0 Å². The first-order chi connectivity index (χ1) is 37.5. The molecule has 3 nitrogen and oxygen atoms in total. The fraction of sp³-hybridized carbons (Fsp3) is 0.324. The molecule has 0 radical (unpaired) electrons. The van der Waals surface area contributed by atoms with Crippen molar-refractivity contribution in [1.82, 2.24) is 4.57 Å². The second kappa shape index (κ2) is 17.7. The highest BCUT2D eigenvalue weighted by molar-refractivity contribution is 7.26. The Morgan fingerprint density at radius 1 is 0.487 bits per heavy atom. The van der Waals surface area contributed by atoms with Crippen LogP contribution in [0.25, 0.3) is 27.5 Å². The summed E-state index contributed by atoms with van der Waals surface area (Å²) >= 11 is 0. The molecule has 3 heterocycles. The van der Waals surface area contributed by atoms with Gasteiger partial charge in [0.05, 0.1) is 18.1 Å². The van der Waals surface area contributed by atoms with Crippen molar-refractivity contribution in [3.63, 3.8) is 0 Å². The van der Waals surface area contributed by atoms with Gasteiger partial charge < -0.3 is 14.2 Å². The Labute approximate surface area is 451 Å². The predicted molar refractivity (Wildman–Crippen MR) is 322 cm³/mol. The van der Waals surface area contributed by atoms with Crippen molar-refractivity contribution >= 4 is 90.8 Å². The molecule has 1 aromatic heterocycles. The summed E-state index contributed by atoms with van der Waals surface area (Å²) in [6.45, 7) is 0.0810. The van der Waals surface area contributed by atoms with Gasteiger partial charge >= 0.3 is 0 Å². The van der Waals surface area contributed by atoms with E-state index in [2.05, 4.69) is 185 Å². The fourth-order valence-electron chi connectivity index (χ4n) is 18.1. The van der Waals surface area contributed by atoms with Crippen LogP contribution in [0, 0.1) is 17.8 Å². The third-order valence-corrected chi connectivity index (χ3v) is 25.8. The van der Waals surface area contributed by atoms with Gasteiger partial charge in [-0.3, -0.25) is 0 Å². The first-order valence-corrected chi connectivity index (χ1v) is 31.6. The molecule has 0 N–H and O–H groups in total. The lowest BCUT2D eigenvalue weighted by Crippen LogP contribution is -2.87. The second-order valence-electron chi connectivity index (χ2n) is 25.0. The van der Waals surface area contributed by atoms with Gasteiger partial charge in [-0.05, 0) is 202 Å². The molecular weight excluding hydrogens is 936 g/mol. The van der Waals surface area contributed by atoms with E-state index in [1.54, 1.807) is 5.56 Å². The third-order valence-electron chi connectivity index (χ3n) is 21.0. The van der Waals surface area contributed by atoms with E-state index in [9.17, 15) is 0 Å². The Morgan fingerprint density at radius 3 is 1.71 bits per heavy atom. The van der Waals surface area contributed by atoms with Crippen LogP contribution in [0.4, 0.5) is 17.1 Å². The highest BCUT2D eigenvalue weighted by atomic mass is 28.3. The molecule has 5 heteroatoms. The number of methoxy groups -OCH3 is 1. The van der Waals surface area contributed by atoms with Crippen LogP contribution in [-0.4, -0.2) is 26.5 Å². The standard InChI is InChI=1S/C71H69BN2OSi/c1-75-57-42-67-70-69(43-57)76(58-20-10-4-11-21-58,59-22-12-5-13-23-59)68-35-27-53(51-18-8-3-9-19-51)40-63(68)72(70)62-39-52(50-16-6-2-7-17-50)26-33-66(62)74(67)56-31-29-55(30-32-56)73-64-25-15-14-24-60(64)61-41-54(28-34-65(61)73)71-44-47-36-48(45-71)38-49(37-47)46-71/h4-5,10-15,20-35,39-43,47-51H,2-3,6-9,16-19,36-38,44-46H2,1H3. The lowest BCUT2D eigenvalue weighted by atomic mass is 9.34. The molecule has 0 spiro atoms. The monoisotopic (exact) mass is 1000 g/mol. The second-order valence-corrected chi connectivity index (χ2v) is 28.7. The minimum Gasteiger partial charge on any atom is -0.497 e. The summed E-state index contributed by atoms with van der Waals surface area (Å²) in [5, 5.41) is 8.60. The Morgan fingerprint density at radius 2 is 1.07 bits per heavy atom. The van der Waals surface area contributed by atoms with Gasteiger partial charge in [-0.2, -0.15) is 0 Å². The number of para-hydroxylation sites is 1. The molecule has 6 fully saturated rings. The summed E-state index contributed by atoms with van der Waals surface area (Å²) < 4.78 is 9.07. The van der Waals surface area contributed by atoms with Crippen LogP contribution in [-0.2, 0) is 5.41 Å². The molecule has 4 bridgehead atoms. The van der Waals surface area contributed by atoms with E-state index >= 15 is 0 Å². The number of nitrogens with zero attached hydrogens (tertiary/aromatic N) is 2. The smallest absolute Gasteiger partial charge is 0.246 e. The molecule has 6 aliphatic carbocycles. The zero-order chi connectivity index (χ0) is 50.1.